The maximum atomic E-state index is 12.9. The van der Waals surface area contributed by atoms with E-state index in [2.05, 4.69) is 69.0 Å². The van der Waals surface area contributed by atoms with E-state index >= 15 is 0 Å². The van der Waals surface area contributed by atoms with Crippen LogP contribution < -0.4 is 21.3 Å². The molecule has 31 heteroatoms. The van der Waals surface area contributed by atoms with Crippen LogP contribution in [0.5, 0.6) is 0 Å². The van der Waals surface area contributed by atoms with E-state index in [9.17, 15) is 61.7 Å². The van der Waals surface area contributed by atoms with Crippen molar-refractivity contribution in [1.29, 1.82) is 10.5 Å². The third-order valence-corrected chi connectivity index (χ3v) is 14.2. The predicted octanol–water partition coefficient (Wildman–Crippen LogP) is 5.82. The number of anilines is 4. The van der Waals surface area contributed by atoms with Crippen molar-refractivity contribution >= 4 is 96.3 Å². The first-order chi connectivity index (χ1) is 32.7. The van der Waals surface area contributed by atoms with Crippen LogP contribution in [-0.4, -0.2) is 110 Å². The van der Waals surface area contributed by atoms with E-state index in [0.29, 0.717) is 13.0 Å². The van der Waals surface area contributed by atoms with Crippen LogP contribution in [0.4, 0.5) is 46.0 Å². The molecule has 374 valence electrons. The lowest BCUT2D eigenvalue weighted by Crippen LogP contribution is -2.17. The van der Waals surface area contributed by atoms with Crippen molar-refractivity contribution in [2.24, 2.45) is 20.5 Å². The molecule has 0 bridgehead atoms. The number of nitriles is 2. The fraction of sp³-hybridized carbons (Fsp3) is 0.282. The van der Waals surface area contributed by atoms with E-state index in [1.807, 2.05) is 19.1 Å². The van der Waals surface area contributed by atoms with Crippen LogP contribution in [0.2, 0.25) is 0 Å². The van der Waals surface area contributed by atoms with Gasteiger partial charge in [-0.05, 0) is 44.5 Å². The van der Waals surface area contributed by atoms with Crippen molar-refractivity contribution < 1.29 is 59.9 Å². The topological polar surface area (TPSA) is 412 Å². The molecule has 0 spiro atoms. The normalized spacial score (nSPS) is 12.3. The molecular weight excluding hydrogens is 1020 g/mol. The van der Waals surface area contributed by atoms with Crippen molar-refractivity contribution in [2.75, 3.05) is 65.6 Å². The van der Waals surface area contributed by atoms with Crippen LogP contribution in [0, 0.1) is 36.5 Å². The standard InChI is InChI=1S/C39H44N12O14S5/c1-6-13-42-36-30(22-40)24(4)34(38(46-36)44-15-18-66(52,53)7-2)50-48-26-9-11-28(32(20-26)68(56,57)58)29-12-10-27(21-33(29)69(59,60)61)49-51-35-25(5)31(23-41)37(43-14-17-65-70(62,63)64)47-39(35)45-16-19-67(54,55)8-3/h7-12,20-21H,2-3,6,13-19H2,1,4-5H3,(H2,42,44,46)(H2,43,45,47)(H,56,57,58)(H,59,60,61)(H,62,63,64). The smallest absolute Gasteiger partial charge is 0.369 e. The summed E-state index contributed by atoms with van der Waals surface area (Å²) in [4.78, 5) is 6.86. The molecule has 2 aromatic heterocycles. The van der Waals surface area contributed by atoms with Gasteiger partial charge in [-0.3, -0.25) is 13.7 Å². The Bertz CT molecular complexity index is 3430. The molecule has 2 aromatic carbocycles. The van der Waals surface area contributed by atoms with E-state index in [4.69, 9.17) is 4.55 Å². The molecule has 7 N–H and O–H groups in total. The molecule has 0 fully saturated rings. The number of aromatic nitrogens is 2. The second-order valence-electron chi connectivity index (χ2n) is 14.3. The number of hydrogen-bond acceptors (Lipinski definition) is 23. The van der Waals surface area contributed by atoms with Crippen LogP contribution in [-0.2, 0) is 54.5 Å². The molecule has 70 heavy (non-hydrogen) atoms. The van der Waals surface area contributed by atoms with E-state index in [1.54, 1.807) is 0 Å². The van der Waals surface area contributed by atoms with Gasteiger partial charge in [0.2, 0.25) is 0 Å². The summed E-state index contributed by atoms with van der Waals surface area (Å²) in [6, 6.07) is 9.98. The van der Waals surface area contributed by atoms with Crippen molar-refractivity contribution in [3.05, 3.63) is 82.6 Å². The van der Waals surface area contributed by atoms with Crippen LogP contribution in [0.3, 0.4) is 0 Å². The summed E-state index contributed by atoms with van der Waals surface area (Å²) in [5, 5.41) is 49.2. The number of benzene rings is 2. The molecule has 0 aliphatic rings. The highest BCUT2D eigenvalue weighted by atomic mass is 32.3. The van der Waals surface area contributed by atoms with Gasteiger partial charge in [-0.15, -0.1) is 10.2 Å². The highest BCUT2D eigenvalue weighted by molar-refractivity contribution is 7.94. The van der Waals surface area contributed by atoms with E-state index in [-0.39, 0.29) is 93.7 Å². The quantitative estimate of drug-likeness (QED) is 0.0233. The van der Waals surface area contributed by atoms with Crippen molar-refractivity contribution in [3.63, 3.8) is 0 Å². The van der Waals surface area contributed by atoms with Crippen LogP contribution in [0.1, 0.15) is 35.6 Å². The Hall–Kier alpha value is -6.81. The SMILES string of the molecule is C=CS(=O)(=O)CCNc1nc(NCCC)c(C#N)c(C)c1N=Nc1ccc(-c2ccc(N=Nc3c(NCCS(=O)(=O)C=C)nc(NCCOS(=O)(=O)O)c(C#N)c3C)cc2S(=O)(=O)O)c(S(=O)(=O)O)c1. The molecule has 0 saturated heterocycles. The maximum Gasteiger partial charge on any atom is 0.397 e. The summed E-state index contributed by atoms with van der Waals surface area (Å²) in [7, 11) is -22.7. The minimum atomic E-state index is -5.24. The minimum absolute atomic E-state index is 0.000730. The van der Waals surface area contributed by atoms with Gasteiger partial charge in [0.1, 0.15) is 44.9 Å². The van der Waals surface area contributed by atoms with Gasteiger partial charge in [-0.1, -0.05) is 32.2 Å². The number of hydrogen-bond donors (Lipinski definition) is 7. The Morgan fingerprint density at radius 2 is 1.00 bits per heavy atom. The molecule has 0 amide bonds. The van der Waals surface area contributed by atoms with Gasteiger partial charge in [0.05, 0.1) is 40.6 Å². The largest absolute Gasteiger partial charge is 0.397 e. The molecular formula is C39H44N12O14S5. The van der Waals surface area contributed by atoms with Crippen molar-refractivity contribution in [1.82, 2.24) is 9.97 Å². The van der Waals surface area contributed by atoms with E-state index < -0.39 is 83.6 Å². The number of rotatable bonds is 25. The Morgan fingerprint density at radius 1 is 0.614 bits per heavy atom. The molecule has 0 radical (unpaired) electrons. The van der Waals surface area contributed by atoms with Gasteiger partial charge < -0.3 is 21.3 Å². The second-order valence-corrected chi connectivity index (χ2v) is 22.3. The summed E-state index contributed by atoms with van der Waals surface area (Å²) < 4.78 is 156. The zero-order valence-electron chi connectivity index (χ0n) is 37.1. The first-order valence-electron chi connectivity index (χ1n) is 19.9. The molecule has 26 nitrogen and oxygen atoms in total. The summed E-state index contributed by atoms with van der Waals surface area (Å²) in [5.41, 5.74) is -1.43. The molecule has 4 aromatic rings. The summed E-state index contributed by atoms with van der Waals surface area (Å²) in [6.45, 7) is 10.4. The summed E-state index contributed by atoms with van der Waals surface area (Å²) >= 11 is 0. The highest BCUT2D eigenvalue weighted by Crippen LogP contribution is 2.40. The Kier molecular flexibility index (Phi) is 18.5. The Labute approximate surface area is 403 Å². The fourth-order valence-corrected chi connectivity index (χ4v) is 8.84. The average molecular weight is 1070 g/mol. The van der Waals surface area contributed by atoms with Gasteiger partial charge in [0.15, 0.2) is 31.3 Å². The predicted molar refractivity (Wildman–Crippen MR) is 257 cm³/mol. The highest BCUT2D eigenvalue weighted by Gasteiger charge is 2.26. The molecule has 0 saturated carbocycles. The van der Waals surface area contributed by atoms with Crippen LogP contribution >= 0.6 is 0 Å². The number of pyridine rings is 2. The third-order valence-electron chi connectivity index (χ3n) is 9.40. The fourth-order valence-electron chi connectivity index (χ4n) is 5.99. The summed E-state index contributed by atoms with van der Waals surface area (Å²) in [6.07, 6.45) is 0.665. The van der Waals surface area contributed by atoms with Gasteiger partial charge in [-0.25, -0.2) is 31.0 Å². The lowest BCUT2D eigenvalue weighted by atomic mass is 10.0. The van der Waals surface area contributed by atoms with Crippen molar-refractivity contribution in [3.8, 4) is 23.3 Å². The molecule has 2 heterocycles. The first kappa shape index (κ1) is 55.8. The average Bonchev–Trinajstić information content (AvgIpc) is 3.28. The van der Waals surface area contributed by atoms with Gasteiger partial charge in [0.25, 0.3) is 20.2 Å². The lowest BCUT2D eigenvalue weighted by Gasteiger charge is -2.15. The first-order valence-corrected chi connectivity index (χ1v) is 27.6. The second kappa shape index (κ2) is 23.2. The van der Waals surface area contributed by atoms with Gasteiger partial charge >= 0.3 is 10.4 Å². The lowest BCUT2D eigenvalue weighted by molar-refractivity contribution is 0.278. The number of nitrogens with one attached hydrogen (secondary N) is 4. The molecule has 0 atom stereocenters. The Morgan fingerprint density at radius 3 is 1.34 bits per heavy atom. The van der Waals surface area contributed by atoms with Crippen LogP contribution in [0.25, 0.3) is 11.1 Å². The molecule has 0 aliphatic carbocycles. The monoisotopic (exact) mass is 1060 g/mol. The third kappa shape index (κ3) is 15.1. The van der Waals surface area contributed by atoms with E-state index in [0.717, 1.165) is 41.1 Å². The van der Waals surface area contributed by atoms with Gasteiger partial charge in [0, 0.05) is 59.2 Å². The zero-order chi connectivity index (χ0) is 52.2. The number of nitrogens with zero attached hydrogens (tertiary/aromatic N) is 8. The summed E-state index contributed by atoms with van der Waals surface area (Å²) in [5.74, 6) is -1.04. The molecule has 0 unspecified atom stereocenters. The van der Waals surface area contributed by atoms with E-state index in [1.165, 1.54) is 19.9 Å². The Balaban J connectivity index is 1.82. The van der Waals surface area contributed by atoms with Crippen molar-refractivity contribution in [2.45, 2.75) is 37.0 Å². The number of sulfone groups is 2. The maximum absolute atomic E-state index is 12.9. The molecule has 0 aliphatic heterocycles. The van der Waals surface area contributed by atoms with Gasteiger partial charge in [-0.2, -0.15) is 46.0 Å². The molecule has 4 rings (SSSR count). The number of azo groups is 2. The van der Waals surface area contributed by atoms with Crippen LogP contribution in [0.15, 0.2) is 90.6 Å². The minimum Gasteiger partial charge on any atom is -0.369 e. The zero-order valence-corrected chi connectivity index (χ0v) is 41.2.